The van der Waals surface area contributed by atoms with Crippen LogP contribution in [0.2, 0.25) is 0 Å². The number of nitriles is 2. The number of nitrogens with zero attached hydrogens (tertiary/aromatic N) is 5. The summed E-state index contributed by atoms with van der Waals surface area (Å²) in [6.07, 6.45) is 1.89. The maximum atomic E-state index is 11.8. The monoisotopic (exact) mass is 1740 g/mol. The van der Waals surface area contributed by atoms with E-state index in [1.807, 2.05) is 18.3 Å². The standard InChI is InChI=1S/C133H77N5/c134-78-80-49-58-112-119(68-80)100-33-7-3-27-94(100)93-26-1-2-30-97(93)106-59-50-84(71-122(106)112)82-25-21-24-81(69-82)83-51-60-107-109-65-57-90(77-125(109)103-36-10-5-29-96(103)95-28-4-8-34-101(95)120(107)70-83)138-131-48-20-17-41-116(131)127-73-86(55-66-132(127)138)85-52-61-113-121(72-85)104-37-11-12-38-105(104)126-76-89(137-129-46-18-15-39-114(129)115-40-16-19-47-130(115)137)56-64-110(126)108-62-53-87(75-124(108)113)91-43-22-44-92(128(91)79-135)88-54-63-111-118-45-23-67-136-133(118)117-42-14-13-32-99(117)98-31-6-9-35-102(98)123(111)74-88/h1-77H. The van der Waals surface area contributed by atoms with E-state index in [0.29, 0.717) is 11.1 Å². The van der Waals surface area contributed by atoms with E-state index in [2.05, 4.69) is 470 Å². The first-order valence-electron chi connectivity index (χ1n) is 47.2. The van der Waals surface area contributed by atoms with Gasteiger partial charge < -0.3 is 9.13 Å². The summed E-state index contributed by atoms with van der Waals surface area (Å²) in [5.74, 6) is 0. The van der Waals surface area contributed by atoms with Crippen molar-refractivity contribution in [2.45, 2.75) is 0 Å². The average Bonchev–Trinajstić information content (AvgIpc) is 1.30. The SMILES string of the molecule is N#Cc1ccc2c(c1)-c1ccccc1-c1ccccc1-c1ccc(-c3cccc(-c4ccc5c(c4)-c4ccccc4-c4ccccc4-c4cc(-n6c7ccccc7c7cc(-c8ccc9c(c8)-c8ccccc8-c8cc(-n%10c%11ccccc%11c%11ccccc%11%10)ccc8-c8ccc(-c%10cccc(-c%11ccc%12c(c%11)-c%11ccccc%11-c%11ccccc%11-c%11ncccc%11-%12)c%10C#N)cc8-9)ccc76)ccc4-5)c3)cc1-2. The number of benzene rings is 21. The number of para-hydroxylation sites is 3. The highest BCUT2D eigenvalue weighted by Crippen LogP contribution is 2.57. The first kappa shape index (κ1) is 78.1. The van der Waals surface area contributed by atoms with Crippen LogP contribution in [0.15, 0.2) is 467 Å². The van der Waals surface area contributed by atoms with Gasteiger partial charge in [0.1, 0.15) is 6.07 Å². The summed E-state index contributed by atoms with van der Waals surface area (Å²) in [6.45, 7) is 0. The van der Waals surface area contributed by atoms with Crippen molar-refractivity contribution in [2.24, 2.45) is 0 Å². The van der Waals surface area contributed by atoms with Gasteiger partial charge in [-0.3, -0.25) is 4.98 Å². The number of aromatic nitrogens is 3. The van der Waals surface area contributed by atoms with Gasteiger partial charge in [-0.05, 0) is 315 Å². The molecule has 0 saturated heterocycles. The first-order chi connectivity index (χ1) is 68.4. The molecule has 0 N–H and O–H groups in total. The van der Waals surface area contributed by atoms with E-state index in [9.17, 15) is 10.5 Å². The molecule has 21 aromatic carbocycles. The van der Waals surface area contributed by atoms with Crippen molar-refractivity contribution < 1.29 is 0 Å². The Labute approximate surface area is 798 Å². The Morgan fingerprint density at radius 2 is 0.420 bits per heavy atom. The highest BCUT2D eigenvalue weighted by atomic mass is 15.0. The van der Waals surface area contributed by atoms with E-state index in [4.69, 9.17) is 4.98 Å². The minimum atomic E-state index is 0.608. The van der Waals surface area contributed by atoms with E-state index in [1.165, 1.54) is 60.7 Å². The Kier molecular flexibility index (Phi) is 17.5. The molecule has 0 radical (unpaired) electrons. The van der Waals surface area contributed by atoms with Crippen LogP contribution in [0.3, 0.4) is 0 Å². The van der Waals surface area contributed by atoms with Crippen LogP contribution in [0.4, 0.5) is 0 Å². The fourth-order valence-corrected chi connectivity index (χ4v) is 23.4. The van der Waals surface area contributed by atoms with Crippen LogP contribution in [0, 0.1) is 22.7 Å². The molecule has 4 aliphatic rings. The Balaban J connectivity index is 0.571. The second-order valence-electron chi connectivity index (χ2n) is 36.7. The van der Waals surface area contributed by atoms with Crippen molar-refractivity contribution >= 4 is 43.6 Å². The predicted molar refractivity (Wildman–Crippen MR) is 571 cm³/mol. The van der Waals surface area contributed by atoms with Gasteiger partial charge in [-0.15, -0.1) is 0 Å². The number of hydrogen-bond acceptors (Lipinski definition) is 3. The van der Waals surface area contributed by atoms with E-state index in [1.54, 1.807) is 0 Å². The second-order valence-corrected chi connectivity index (χ2v) is 36.7. The highest BCUT2D eigenvalue weighted by molar-refractivity contribution is 6.15. The lowest BCUT2D eigenvalue weighted by atomic mass is 9.79. The van der Waals surface area contributed by atoms with Gasteiger partial charge in [0, 0.05) is 61.4 Å². The lowest BCUT2D eigenvalue weighted by Crippen LogP contribution is -2.01. The summed E-state index contributed by atoms with van der Waals surface area (Å²) in [7, 11) is 0. The fourth-order valence-electron chi connectivity index (χ4n) is 23.4. The highest BCUT2D eigenvalue weighted by Gasteiger charge is 2.32. The molecule has 5 nitrogen and oxygen atoms in total. The van der Waals surface area contributed by atoms with Gasteiger partial charge in [0.15, 0.2) is 0 Å². The molecular formula is C133H77N5. The summed E-state index contributed by atoms with van der Waals surface area (Å²) >= 11 is 0. The zero-order chi connectivity index (χ0) is 90.9. The molecule has 24 aromatic rings. The van der Waals surface area contributed by atoms with Crippen LogP contribution in [-0.2, 0) is 0 Å². The summed E-state index contributed by atoms with van der Waals surface area (Å²) in [5, 5.41) is 26.9. The summed E-state index contributed by atoms with van der Waals surface area (Å²) in [6, 6.07) is 175. The molecule has 0 aliphatic heterocycles. The van der Waals surface area contributed by atoms with Gasteiger partial charge in [0.05, 0.1) is 45.0 Å². The van der Waals surface area contributed by atoms with Crippen molar-refractivity contribution in [1.29, 1.82) is 10.5 Å². The molecule has 0 saturated carbocycles. The van der Waals surface area contributed by atoms with Crippen LogP contribution in [0.5, 0.6) is 0 Å². The molecular weight excluding hydrogens is 1670 g/mol. The molecule has 4 aliphatic carbocycles. The average molecular weight is 1750 g/mol. The molecule has 0 fully saturated rings. The van der Waals surface area contributed by atoms with Crippen LogP contribution in [0.25, 0.3) is 289 Å². The topological polar surface area (TPSA) is 70.3 Å². The third kappa shape index (κ3) is 12.0. The van der Waals surface area contributed by atoms with E-state index >= 15 is 0 Å². The Morgan fingerprint density at radius 1 is 0.159 bits per heavy atom. The lowest BCUT2D eigenvalue weighted by molar-refractivity contribution is 1.18. The molecule has 138 heavy (non-hydrogen) atoms. The molecule has 634 valence electrons. The van der Waals surface area contributed by atoms with Gasteiger partial charge in [0.25, 0.3) is 0 Å². The van der Waals surface area contributed by atoms with Crippen molar-refractivity contribution in [3.8, 4) is 257 Å². The van der Waals surface area contributed by atoms with Crippen molar-refractivity contribution in [3.63, 3.8) is 0 Å². The van der Waals surface area contributed by atoms with Crippen LogP contribution >= 0.6 is 0 Å². The lowest BCUT2D eigenvalue weighted by Gasteiger charge is -2.25. The third-order valence-corrected chi connectivity index (χ3v) is 29.6. The maximum Gasteiger partial charge on any atom is 0.100 e. The largest absolute Gasteiger partial charge is 0.309 e. The van der Waals surface area contributed by atoms with Crippen LogP contribution in [-0.4, -0.2) is 14.1 Å². The van der Waals surface area contributed by atoms with E-state index in [-0.39, 0.29) is 0 Å². The number of fused-ring (bicyclic) bond motifs is 38. The molecule has 3 heterocycles. The Hall–Kier alpha value is -18.7. The minimum absolute atomic E-state index is 0.608. The van der Waals surface area contributed by atoms with Gasteiger partial charge >= 0.3 is 0 Å². The van der Waals surface area contributed by atoms with Crippen LogP contribution in [0.1, 0.15) is 11.1 Å². The van der Waals surface area contributed by atoms with Gasteiger partial charge in [-0.2, -0.15) is 10.5 Å². The van der Waals surface area contributed by atoms with Gasteiger partial charge in [0.2, 0.25) is 0 Å². The zero-order valence-electron chi connectivity index (χ0n) is 74.7. The quantitative estimate of drug-likeness (QED) is 0.160. The number of hydrogen-bond donors (Lipinski definition) is 0. The molecule has 28 rings (SSSR count). The molecule has 5 heteroatoms. The summed E-state index contributed by atoms with van der Waals surface area (Å²) < 4.78 is 4.90. The van der Waals surface area contributed by atoms with Crippen molar-refractivity contribution in [1.82, 2.24) is 14.1 Å². The smallest absolute Gasteiger partial charge is 0.100 e. The van der Waals surface area contributed by atoms with E-state index < -0.39 is 0 Å². The first-order valence-corrected chi connectivity index (χ1v) is 47.2. The maximum absolute atomic E-state index is 11.8. The van der Waals surface area contributed by atoms with Crippen LogP contribution < -0.4 is 0 Å². The Bertz CT molecular complexity index is 9460. The van der Waals surface area contributed by atoms with Gasteiger partial charge in [-0.25, -0.2) is 0 Å². The minimum Gasteiger partial charge on any atom is -0.309 e. The van der Waals surface area contributed by atoms with Crippen molar-refractivity contribution in [3.05, 3.63) is 478 Å². The number of pyridine rings is 1. The molecule has 0 spiro atoms. The second kappa shape index (κ2) is 31.0. The fraction of sp³-hybridized carbons (Fsp3) is 0. The molecule has 0 atom stereocenters. The zero-order valence-corrected chi connectivity index (χ0v) is 74.7. The molecule has 0 amide bonds. The predicted octanol–water partition coefficient (Wildman–Crippen LogP) is 35.3. The molecule has 0 bridgehead atoms. The van der Waals surface area contributed by atoms with E-state index in [0.717, 1.165) is 228 Å². The number of rotatable bonds is 7. The third-order valence-electron chi connectivity index (χ3n) is 29.6. The Morgan fingerprint density at radius 3 is 0.826 bits per heavy atom. The normalized spacial score (nSPS) is 11.9. The summed E-state index contributed by atoms with van der Waals surface area (Å²) in [5.41, 5.74) is 54.2. The molecule has 0 unspecified atom stereocenters. The summed E-state index contributed by atoms with van der Waals surface area (Å²) in [4.78, 5) is 5.05. The van der Waals surface area contributed by atoms with Gasteiger partial charge in [-0.1, -0.05) is 352 Å². The molecule has 3 aromatic heterocycles. The van der Waals surface area contributed by atoms with Crippen molar-refractivity contribution in [2.75, 3.05) is 0 Å².